The van der Waals surface area contributed by atoms with E-state index in [9.17, 15) is 0 Å². The molecular formula is C15H29NS. The van der Waals surface area contributed by atoms with Gasteiger partial charge in [-0.15, -0.1) is 0 Å². The third-order valence-electron chi connectivity index (χ3n) is 4.75. The van der Waals surface area contributed by atoms with Crippen molar-refractivity contribution in [2.45, 2.75) is 81.8 Å². The Hall–Kier alpha value is 0.310. The van der Waals surface area contributed by atoms with Crippen molar-refractivity contribution >= 4 is 11.8 Å². The van der Waals surface area contributed by atoms with Crippen molar-refractivity contribution < 1.29 is 0 Å². The molecule has 1 N–H and O–H groups in total. The zero-order valence-electron chi connectivity index (χ0n) is 11.8. The lowest BCUT2D eigenvalue weighted by Crippen LogP contribution is -2.50. The van der Waals surface area contributed by atoms with Crippen LogP contribution in [0.25, 0.3) is 0 Å². The molecule has 2 aliphatic carbocycles. The maximum atomic E-state index is 3.61. The molecule has 2 aliphatic rings. The van der Waals surface area contributed by atoms with Gasteiger partial charge in [0, 0.05) is 16.5 Å². The lowest BCUT2D eigenvalue weighted by atomic mass is 9.73. The van der Waals surface area contributed by atoms with Crippen LogP contribution in [-0.2, 0) is 0 Å². The predicted molar refractivity (Wildman–Crippen MR) is 78.7 cm³/mol. The Morgan fingerprint density at radius 2 is 1.71 bits per heavy atom. The Balaban J connectivity index is 1.93. The van der Waals surface area contributed by atoms with Crippen LogP contribution < -0.4 is 5.32 Å². The summed E-state index contributed by atoms with van der Waals surface area (Å²) in [6, 6.07) is 0.711. The monoisotopic (exact) mass is 255 g/mol. The summed E-state index contributed by atoms with van der Waals surface area (Å²) >= 11 is 2.31. The number of nitrogens with one attached hydrogen (secondary N) is 1. The molecule has 2 rings (SSSR count). The van der Waals surface area contributed by atoms with Gasteiger partial charge in [-0.25, -0.2) is 0 Å². The van der Waals surface area contributed by atoms with Crippen molar-refractivity contribution in [3.05, 3.63) is 0 Å². The van der Waals surface area contributed by atoms with Gasteiger partial charge in [0.2, 0.25) is 0 Å². The maximum absolute atomic E-state index is 3.61. The summed E-state index contributed by atoms with van der Waals surface area (Å²) in [5, 5.41) is 5.42. The van der Waals surface area contributed by atoms with Crippen LogP contribution in [0.3, 0.4) is 0 Å². The highest BCUT2D eigenvalue weighted by Gasteiger charge is 2.39. The number of hydrogen-bond acceptors (Lipinski definition) is 2. The van der Waals surface area contributed by atoms with Gasteiger partial charge in [0.25, 0.3) is 0 Å². The van der Waals surface area contributed by atoms with Crippen molar-refractivity contribution in [2.24, 2.45) is 5.41 Å². The highest BCUT2D eigenvalue weighted by Crippen LogP contribution is 2.43. The Labute approximate surface area is 112 Å². The highest BCUT2D eigenvalue weighted by atomic mass is 32.2. The van der Waals surface area contributed by atoms with E-state index in [1.54, 1.807) is 0 Å². The Kier molecular flexibility index (Phi) is 4.82. The third kappa shape index (κ3) is 3.41. The standard InChI is InChI=1S/C15H29NS/c1-15(2)11-7-10-13(14(15)16-3)17-12-8-5-4-6-9-12/h12-14,16H,4-11H2,1-3H3. The van der Waals surface area contributed by atoms with Crippen LogP contribution in [0.5, 0.6) is 0 Å². The second-order valence-corrected chi connectivity index (χ2v) is 8.13. The molecule has 100 valence electrons. The molecule has 0 aliphatic heterocycles. The van der Waals surface area contributed by atoms with Gasteiger partial charge >= 0.3 is 0 Å². The minimum atomic E-state index is 0.485. The highest BCUT2D eigenvalue weighted by molar-refractivity contribution is 8.00. The summed E-state index contributed by atoms with van der Waals surface area (Å²) in [5.74, 6) is 0. The van der Waals surface area contributed by atoms with Crippen LogP contribution in [0.15, 0.2) is 0 Å². The molecular weight excluding hydrogens is 226 g/mol. The molecule has 0 heterocycles. The molecule has 0 radical (unpaired) electrons. The Morgan fingerprint density at radius 1 is 1.00 bits per heavy atom. The fourth-order valence-corrected chi connectivity index (χ4v) is 5.82. The summed E-state index contributed by atoms with van der Waals surface area (Å²) in [7, 11) is 2.16. The first-order chi connectivity index (χ1) is 8.13. The van der Waals surface area contributed by atoms with Gasteiger partial charge in [0.05, 0.1) is 0 Å². The molecule has 2 saturated carbocycles. The summed E-state index contributed by atoms with van der Waals surface area (Å²) in [4.78, 5) is 0. The molecule has 0 aromatic rings. The first kappa shape index (κ1) is 13.7. The zero-order valence-corrected chi connectivity index (χ0v) is 12.6. The van der Waals surface area contributed by atoms with Gasteiger partial charge in [-0.05, 0) is 38.1 Å². The second kappa shape index (κ2) is 5.97. The van der Waals surface area contributed by atoms with Crippen LogP contribution in [-0.4, -0.2) is 23.6 Å². The van der Waals surface area contributed by atoms with E-state index in [4.69, 9.17) is 0 Å². The first-order valence-corrected chi connectivity index (χ1v) is 8.40. The largest absolute Gasteiger partial charge is 0.315 e. The predicted octanol–water partition coefficient (Wildman–Crippen LogP) is 4.22. The van der Waals surface area contributed by atoms with Crippen LogP contribution in [0.4, 0.5) is 0 Å². The zero-order chi connectivity index (χ0) is 12.3. The van der Waals surface area contributed by atoms with Gasteiger partial charge in [-0.2, -0.15) is 11.8 Å². The maximum Gasteiger partial charge on any atom is 0.0234 e. The smallest absolute Gasteiger partial charge is 0.0234 e. The fraction of sp³-hybridized carbons (Fsp3) is 1.00. The Morgan fingerprint density at radius 3 is 2.35 bits per heavy atom. The second-order valence-electron chi connectivity index (χ2n) is 6.58. The average Bonchev–Trinajstić information content (AvgIpc) is 2.29. The fourth-order valence-electron chi connectivity index (χ4n) is 3.76. The lowest BCUT2D eigenvalue weighted by Gasteiger charge is -2.45. The lowest BCUT2D eigenvalue weighted by molar-refractivity contribution is 0.182. The third-order valence-corrected chi connectivity index (χ3v) is 6.47. The molecule has 17 heavy (non-hydrogen) atoms. The van der Waals surface area contributed by atoms with E-state index >= 15 is 0 Å². The molecule has 0 aromatic heterocycles. The summed E-state index contributed by atoms with van der Waals surface area (Å²) in [6.07, 6.45) is 11.6. The summed E-state index contributed by atoms with van der Waals surface area (Å²) in [6.45, 7) is 4.89. The van der Waals surface area contributed by atoms with Crippen LogP contribution in [0.2, 0.25) is 0 Å². The molecule has 0 amide bonds. The first-order valence-electron chi connectivity index (χ1n) is 7.46. The molecule has 0 aromatic carbocycles. The van der Waals surface area contributed by atoms with Gasteiger partial charge in [0.15, 0.2) is 0 Å². The summed E-state index contributed by atoms with van der Waals surface area (Å²) < 4.78 is 0. The van der Waals surface area contributed by atoms with Crippen molar-refractivity contribution in [2.75, 3.05) is 7.05 Å². The van der Waals surface area contributed by atoms with E-state index in [1.165, 1.54) is 51.4 Å². The van der Waals surface area contributed by atoms with E-state index in [0.717, 1.165) is 10.5 Å². The minimum Gasteiger partial charge on any atom is -0.315 e. The molecule has 0 bridgehead atoms. The van der Waals surface area contributed by atoms with Gasteiger partial charge in [0.1, 0.15) is 0 Å². The van der Waals surface area contributed by atoms with Crippen LogP contribution in [0, 0.1) is 5.41 Å². The van der Waals surface area contributed by atoms with E-state index in [1.807, 2.05) is 0 Å². The van der Waals surface area contributed by atoms with Crippen molar-refractivity contribution in [1.29, 1.82) is 0 Å². The molecule has 2 unspecified atom stereocenters. The SMILES string of the molecule is CNC1C(SC2CCCCC2)CCCC1(C)C. The minimum absolute atomic E-state index is 0.485. The number of rotatable bonds is 3. The average molecular weight is 255 g/mol. The molecule has 1 nitrogen and oxygen atoms in total. The van der Waals surface area contributed by atoms with E-state index in [2.05, 4.69) is 38.0 Å². The summed E-state index contributed by atoms with van der Waals surface area (Å²) in [5.41, 5.74) is 0.485. The van der Waals surface area contributed by atoms with Crippen LogP contribution in [0.1, 0.15) is 65.2 Å². The topological polar surface area (TPSA) is 12.0 Å². The number of hydrogen-bond donors (Lipinski definition) is 1. The molecule has 0 saturated heterocycles. The van der Waals surface area contributed by atoms with Gasteiger partial charge in [-0.1, -0.05) is 39.5 Å². The van der Waals surface area contributed by atoms with Crippen molar-refractivity contribution in [3.8, 4) is 0 Å². The molecule has 0 spiro atoms. The Bertz CT molecular complexity index is 233. The number of thioether (sulfide) groups is 1. The molecule has 2 heteroatoms. The van der Waals surface area contributed by atoms with Crippen molar-refractivity contribution in [3.63, 3.8) is 0 Å². The molecule has 2 atom stereocenters. The van der Waals surface area contributed by atoms with Crippen molar-refractivity contribution in [1.82, 2.24) is 5.32 Å². The quantitative estimate of drug-likeness (QED) is 0.810. The van der Waals surface area contributed by atoms with Gasteiger partial charge < -0.3 is 5.32 Å². The van der Waals surface area contributed by atoms with E-state index in [-0.39, 0.29) is 0 Å². The van der Waals surface area contributed by atoms with Gasteiger partial charge in [-0.3, -0.25) is 0 Å². The van der Waals surface area contributed by atoms with E-state index < -0.39 is 0 Å². The normalized spacial score (nSPS) is 34.8. The van der Waals surface area contributed by atoms with Crippen LogP contribution >= 0.6 is 11.8 Å². The molecule has 2 fully saturated rings. The van der Waals surface area contributed by atoms with E-state index in [0.29, 0.717) is 11.5 Å².